The molecule has 2 aromatic rings. The number of carbonyl (C=O) groups is 1. The van der Waals surface area contributed by atoms with Gasteiger partial charge in [-0.25, -0.2) is 9.48 Å². The molecule has 2 aromatic heterocycles. The largest absolute Gasteiger partial charge is 0.465 e. The van der Waals surface area contributed by atoms with E-state index in [2.05, 4.69) is 15.0 Å². The Kier molecular flexibility index (Phi) is 2.93. The van der Waals surface area contributed by atoms with Crippen LogP contribution in [0, 0.1) is 0 Å². The summed E-state index contributed by atoms with van der Waals surface area (Å²) in [5, 5.41) is 9.66. The van der Waals surface area contributed by atoms with E-state index in [0.29, 0.717) is 15.7 Å². The Bertz CT molecular complexity index is 515. The lowest BCUT2D eigenvalue weighted by molar-refractivity contribution is 0.0606. The molecule has 0 radical (unpaired) electrons. The smallest absolute Gasteiger partial charge is 0.348 e. The molecule has 0 unspecified atom stereocenters. The number of methoxy groups -OCH3 is 1. The first kappa shape index (κ1) is 11.1. The molecule has 16 heavy (non-hydrogen) atoms. The minimum absolute atomic E-state index is 0.316. The van der Waals surface area contributed by atoms with E-state index in [9.17, 15) is 4.79 Å². The fourth-order valence-corrected chi connectivity index (χ4v) is 2.38. The van der Waals surface area contributed by atoms with Crippen molar-refractivity contribution in [3.8, 4) is 11.3 Å². The molecule has 0 fully saturated rings. The number of aryl methyl sites for hydroxylation is 1. The number of esters is 1. The van der Waals surface area contributed by atoms with Gasteiger partial charge in [0, 0.05) is 18.0 Å². The summed E-state index contributed by atoms with van der Waals surface area (Å²) >= 11 is 7.19. The van der Waals surface area contributed by atoms with E-state index in [1.807, 2.05) is 5.38 Å². The highest BCUT2D eigenvalue weighted by atomic mass is 35.5. The summed E-state index contributed by atoms with van der Waals surface area (Å²) in [5.74, 6) is -0.359. The predicted molar refractivity (Wildman–Crippen MR) is 60.7 cm³/mol. The Morgan fingerprint density at radius 3 is 2.94 bits per heavy atom. The topological polar surface area (TPSA) is 57.0 Å². The van der Waals surface area contributed by atoms with Crippen molar-refractivity contribution in [2.24, 2.45) is 7.05 Å². The van der Waals surface area contributed by atoms with Gasteiger partial charge >= 0.3 is 5.97 Å². The highest BCUT2D eigenvalue weighted by Crippen LogP contribution is 2.29. The standard InChI is InChI=1S/C9H8ClN3O2S/c1-13-7(8(10)11-12-13)5-3-6(16-4-5)9(14)15-2/h3-4H,1-2H3. The molecule has 0 saturated carbocycles. The molecular weight excluding hydrogens is 250 g/mol. The first-order valence-electron chi connectivity index (χ1n) is 4.36. The normalized spacial score (nSPS) is 10.4. The molecule has 0 spiro atoms. The third-order valence-corrected chi connectivity index (χ3v) is 3.21. The number of ether oxygens (including phenoxy) is 1. The average Bonchev–Trinajstić information content (AvgIpc) is 2.85. The van der Waals surface area contributed by atoms with Crippen LogP contribution >= 0.6 is 22.9 Å². The van der Waals surface area contributed by atoms with Crippen LogP contribution in [-0.2, 0) is 11.8 Å². The zero-order valence-corrected chi connectivity index (χ0v) is 10.2. The Morgan fingerprint density at radius 1 is 1.62 bits per heavy atom. The van der Waals surface area contributed by atoms with Crippen molar-refractivity contribution in [3.63, 3.8) is 0 Å². The summed E-state index contributed by atoms with van der Waals surface area (Å²) in [7, 11) is 3.09. The van der Waals surface area contributed by atoms with Crippen LogP contribution in [0.5, 0.6) is 0 Å². The maximum Gasteiger partial charge on any atom is 0.348 e. The molecule has 0 bridgehead atoms. The number of rotatable bonds is 2. The van der Waals surface area contributed by atoms with E-state index in [1.54, 1.807) is 17.8 Å². The SMILES string of the molecule is COC(=O)c1cc(-c2c(Cl)nnn2C)cs1. The van der Waals surface area contributed by atoms with Crippen molar-refractivity contribution in [3.05, 3.63) is 21.5 Å². The Morgan fingerprint density at radius 2 is 2.38 bits per heavy atom. The van der Waals surface area contributed by atoms with Gasteiger partial charge in [-0.15, -0.1) is 16.4 Å². The van der Waals surface area contributed by atoms with Crippen LogP contribution in [0.2, 0.25) is 5.15 Å². The third-order valence-electron chi connectivity index (χ3n) is 2.05. The van der Waals surface area contributed by atoms with Gasteiger partial charge in [0.05, 0.1) is 7.11 Å². The monoisotopic (exact) mass is 257 g/mol. The van der Waals surface area contributed by atoms with Crippen LogP contribution in [0.1, 0.15) is 9.67 Å². The van der Waals surface area contributed by atoms with Crippen molar-refractivity contribution < 1.29 is 9.53 Å². The van der Waals surface area contributed by atoms with E-state index in [0.717, 1.165) is 5.56 Å². The highest BCUT2D eigenvalue weighted by molar-refractivity contribution is 7.12. The van der Waals surface area contributed by atoms with E-state index in [-0.39, 0.29) is 5.97 Å². The zero-order chi connectivity index (χ0) is 11.7. The molecule has 2 rings (SSSR count). The second kappa shape index (κ2) is 4.23. The fraction of sp³-hybridized carbons (Fsp3) is 0.222. The first-order chi connectivity index (χ1) is 7.63. The zero-order valence-electron chi connectivity index (χ0n) is 8.60. The van der Waals surface area contributed by atoms with Gasteiger partial charge in [0.1, 0.15) is 10.6 Å². The van der Waals surface area contributed by atoms with E-state index in [1.165, 1.54) is 18.4 Å². The molecule has 0 atom stereocenters. The van der Waals surface area contributed by atoms with Gasteiger partial charge in [-0.3, -0.25) is 0 Å². The van der Waals surface area contributed by atoms with Gasteiger partial charge in [-0.05, 0) is 6.07 Å². The van der Waals surface area contributed by atoms with Crippen molar-refractivity contribution in [1.29, 1.82) is 0 Å². The number of halogens is 1. The Hall–Kier alpha value is -1.40. The van der Waals surface area contributed by atoms with Crippen LogP contribution in [-0.4, -0.2) is 28.1 Å². The van der Waals surface area contributed by atoms with Crippen LogP contribution in [0.4, 0.5) is 0 Å². The maximum absolute atomic E-state index is 11.3. The summed E-state index contributed by atoms with van der Waals surface area (Å²) in [6.45, 7) is 0. The lowest BCUT2D eigenvalue weighted by Gasteiger charge is -1.96. The minimum Gasteiger partial charge on any atom is -0.465 e. The molecule has 2 heterocycles. The molecule has 0 amide bonds. The van der Waals surface area contributed by atoms with E-state index in [4.69, 9.17) is 11.6 Å². The number of thiophene rings is 1. The van der Waals surface area contributed by atoms with Crippen LogP contribution in [0.15, 0.2) is 11.4 Å². The summed E-state index contributed by atoms with van der Waals surface area (Å²) in [4.78, 5) is 11.8. The number of hydrogen-bond acceptors (Lipinski definition) is 5. The maximum atomic E-state index is 11.3. The summed E-state index contributed by atoms with van der Waals surface area (Å²) in [6, 6.07) is 1.71. The molecule has 0 aromatic carbocycles. The molecule has 84 valence electrons. The molecule has 0 N–H and O–H groups in total. The lowest BCUT2D eigenvalue weighted by atomic mass is 10.2. The summed E-state index contributed by atoms with van der Waals surface area (Å²) in [6.07, 6.45) is 0. The molecule has 7 heteroatoms. The number of carbonyl (C=O) groups excluding carboxylic acids is 1. The number of hydrogen-bond donors (Lipinski definition) is 0. The molecule has 0 saturated heterocycles. The quantitative estimate of drug-likeness (QED) is 0.772. The molecule has 0 aliphatic rings. The molecule has 5 nitrogen and oxygen atoms in total. The first-order valence-corrected chi connectivity index (χ1v) is 5.61. The van der Waals surface area contributed by atoms with Crippen LogP contribution in [0.25, 0.3) is 11.3 Å². The number of aromatic nitrogens is 3. The van der Waals surface area contributed by atoms with Gasteiger partial charge in [0.25, 0.3) is 0 Å². The molecular formula is C9H8ClN3O2S. The molecule has 0 aliphatic heterocycles. The number of nitrogens with zero attached hydrogens (tertiary/aromatic N) is 3. The minimum atomic E-state index is -0.359. The summed E-state index contributed by atoms with van der Waals surface area (Å²) in [5.41, 5.74) is 1.50. The van der Waals surface area contributed by atoms with Crippen molar-refractivity contribution >= 4 is 28.9 Å². The van der Waals surface area contributed by atoms with Crippen LogP contribution < -0.4 is 0 Å². The third kappa shape index (κ3) is 1.81. The average molecular weight is 258 g/mol. The van der Waals surface area contributed by atoms with Gasteiger partial charge in [0.15, 0.2) is 5.15 Å². The van der Waals surface area contributed by atoms with Crippen molar-refractivity contribution in [1.82, 2.24) is 15.0 Å². The molecule has 0 aliphatic carbocycles. The Labute approximate surface area is 101 Å². The van der Waals surface area contributed by atoms with Gasteiger partial charge in [-0.1, -0.05) is 16.8 Å². The van der Waals surface area contributed by atoms with Gasteiger partial charge in [0.2, 0.25) is 0 Å². The fourth-order valence-electron chi connectivity index (χ4n) is 1.31. The van der Waals surface area contributed by atoms with Crippen molar-refractivity contribution in [2.75, 3.05) is 7.11 Å². The highest BCUT2D eigenvalue weighted by Gasteiger charge is 2.15. The second-order valence-corrected chi connectivity index (χ2v) is 4.31. The van der Waals surface area contributed by atoms with E-state index < -0.39 is 0 Å². The van der Waals surface area contributed by atoms with Gasteiger partial charge in [-0.2, -0.15) is 0 Å². The second-order valence-electron chi connectivity index (χ2n) is 3.04. The van der Waals surface area contributed by atoms with E-state index >= 15 is 0 Å². The predicted octanol–water partition coefficient (Wildman–Crippen LogP) is 1.98. The Balaban J connectivity index is 2.43. The summed E-state index contributed by atoms with van der Waals surface area (Å²) < 4.78 is 6.19. The van der Waals surface area contributed by atoms with Crippen molar-refractivity contribution in [2.45, 2.75) is 0 Å². The van der Waals surface area contributed by atoms with Crippen LogP contribution in [0.3, 0.4) is 0 Å². The van der Waals surface area contributed by atoms with Gasteiger partial charge < -0.3 is 4.74 Å². The lowest BCUT2D eigenvalue weighted by Crippen LogP contribution is -1.97.